The van der Waals surface area contributed by atoms with Crippen LogP contribution in [0.15, 0.2) is 22.7 Å². The first-order valence-corrected chi connectivity index (χ1v) is 9.97. The van der Waals surface area contributed by atoms with E-state index in [1.165, 1.54) is 18.2 Å². The Labute approximate surface area is 169 Å². The van der Waals surface area contributed by atoms with E-state index in [0.717, 1.165) is 19.3 Å². The third-order valence-electron chi connectivity index (χ3n) is 4.60. The summed E-state index contributed by atoms with van der Waals surface area (Å²) in [6.45, 7) is 5.64. The smallest absolute Gasteiger partial charge is 0.256 e. The van der Waals surface area contributed by atoms with E-state index in [0.29, 0.717) is 48.8 Å². The van der Waals surface area contributed by atoms with Gasteiger partial charge in [-0.1, -0.05) is 30.6 Å². The fourth-order valence-corrected chi connectivity index (χ4v) is 3.40. The molecule has 1 amide bonds. The van der Waals surface area contributed by atoms with Crippen LogP contribution in [0, 0.1) is 11.7 Å². The molecule has 0 bridgehead atoms. The van der Waals surface area contributed by atoms with Crippen molar-refractivity contribution >= 4 is 17.5 Å². The van der Waals surface area contributed by atoms with Crippen molar-refractivity contribution in [2.75, 3.05) is 19.7 Å². The molecule has 1 aliphatic heterocycles. The molecular weight excluding hydrogens is 385 g/mol. The lowest BCUT2D eigenvalue weighted by Gasteiger charge is -2.32. The number of hydrogen-bond donors (Lipinski definition) is 0. The molecule has 28 heavy (non-hydrogen) atoms. The lowest BCUT2D eigenvalue weighted by atomic mass is 10.1. The molecule has 1 aromatic carbocycles. The van der Waals surface area contributed by atoms with E-state index < -0.39 is 5.82 Å². The number of amides is 1. The SMILES string of the molecule is CC(C)Cc1nc(CCOC2CCCN(C(=O)c3cc(Cl)ccc3F)C2)no1. The van der Waals surface area contributed by atoms with Gasteiger partial charge in [0.05, 0.1) is 18.3 Å². The van der Waals surface area contributed by atoms with E-state index in [-0.39, 0.29) is 17.6 Å². The van der Waals surface area contributed by atoms with Gasteiger partial charge in [0.1, 0.15) is 5.82 Å². The monoisotopic (exact) mass is 409 g/mol. The van der Waals surface area contributed by atoms with Gasteiger partial charge in [-0.05, 0) is 37.0 Å². The summed E-state index contributed by atoms with van der Waals surface area (Å²) in [6, 6.07) is 4.01. The van der Waals surface area contributed by atoms with Crippen LogP contribution in [0.3, 0.4) is 0 Å². The van der Waals surface area contributed by atoms with Crippen LogP contribution in [0.25, 0.3) is 0 Å². The van der Waals surface area contributed by atoms with Crippen LogP contribution in [-0.4, -0.2) is 46.7 Å². The summed E-state index contributed by atoms with van der Waals surface area (Å²) in [5, 5.41) is 4.31. The molecule has 1 saturated heterocycles. The van der Waals surface area contributed by atoms with Crippen LogP contribution in [0.4, 0.5) is 4.39 Å². The third kappa shape index (κ3) is 5.52. The molecule has 1 atom stereocenters. The van der Waals surface area contributed by atoms with Gasteiger partial charge in [-0.25, -0.2) is 4.39 Å². The Kier molecular flexibility index (Phi) is 7.02. The third-order valence-corrected chi connectivity index (χ3v) is 4.83. The molecule has 2 aromatic rings. The molecule has 152 valence electrons. The summed E-state index contributed by atoms with van der Waals surface area (Å²) < 4.78 is 25.1. The van der Waals surface area contributed by atoms with Crippen molar-refractivity contribution in [3.05, 3.63) is 46.3 Å². The summed E-state index contributed by atoms with van der Waals surface area (Å²) in [7, 11) is 0. The molecule has 1 aromatic heterocycles. The molecule has 6 nitrogen and oxygen atoms in total. The van der Waals surface area contributed by atoms with Crippen molar-refractivity contribution in [1.82, 2.24) is 15.0 Å². The van der Waals surface area contributed by atoms with Gasteiger partial charge in [0.25, 0.3) is 5.91 Å². The number of likely N-dealkylation sites (tertiary alicyclic amines) is 1. The predicted octanol–water partition coefficient (Wildman–Crippen LogP) is 3.92. The summed E-state index contributed by atoms with van der Waals surface area (Å²) in [6.07, 6.45) is 2.87. The normalized spacial score (nSPS) is 17.3. The average Bonchev–Trinajstić information content (AvgIpc) is 3.10. The predicted molar refractivity (Wildman–Crippen MR) is 103 cm³/mol. The molecule has 0 N–H and O–H groups in total. The first-order valence-electron chi connectivity index (χ1n) is 9.59. The Morgan fingerprint density at radius 3 is 3.07 bits per heavy atom. The van der Waals surface area contributed by atoms with Crippen LogP contribution < -0.4 is 0 Å². The number of piperidine rings is 1. The number of carbonyl (C=O) groups is 1. The van der Waals surface area contributed by atoms with E-state index >= 15 is 0 Å². The van der Waals surface area contributed by atoms with E-state index in [4.69, 9.17) is 20.9 Å². The summed E-state index contributed by atoms with van der Waals surface area (Å²) in [4.78, 5) is 18.6. The first kappa shape index (κ1) is 20.7. The van der Waals surface area contributed by atoms with E-state index in [1.807, 2.05) is 0 Å². The van der Waals surface area contributed by atoms with Crippen molar-refractivity contribution in [2.45, 2.75) is 45.6 Å². The largest absolute Gasteiger partial charge is 0.376 e. The minimum absolute atomic E-state index is 0.00220. The van der Waals surface area contributed by atoms with Gasteiger partial charge >= 0.3 is 0 Å². The van der Waals surface area contributed by atoms with Gasteiger partial charge in [0.15, 0.2) is 5.82 Å². The first-order chi connectivity index (χ1) is 13.4. The van der Waals surface area contributed by atoms with Gasteiger partial charge in [-0.3, -0.25) is 4.79 Å². The lowest BCUT2D eigenvalue weighted by molar-refractivity contribution is 0.00236. The van der Waals surface area contributed by atoms with E-state index in [9.17, 15) is 9.18 Å². The lowest BCUT2D eigenvalue weighted by Crippen LogP contribution is -2.43. The average molecular weight is 410 g/mol. The van der Waals surface area contributed by atoms with Crippen molar-refractivity contribution in [3.63, 3.8) is 0 Å². The maximum absolute atomic E-state index is 14.0. The minimum atomic E-state index is -0.563. The van der Waals surface area contributed by atoms with Crippen LogP contribution in [-0.2, 0) is 17.6 Å². The van der Waals surface area contributed by atoms with Gasteiger partial charge in [-0.2, -0.15) is 4.98 Å². The van der Waals surface area contributed by atoms with Gasteiger partial charge in [0, 0.05) is 31.0 Å². The highest BCUT2D eigenvalue weighted by atomic mass is 35.5. The summed E-state index contributed by atoms with van der Waals surface area (Å²) >= 11 is 5.90. The molecule has 2 heterocycles. The molecule has 0 saturated carbocycles. The molecule has 0 aliphatic carbocycles. The molecule has 1 fully saturated rings. The van der Waals surface area contributed by atoms with Gasteiger partial charge in [0.2, 0.25) is 5.89 Å². The number of rotatable bonds is 7. The molecule has 3 rings (SSSR count). The molecule has 0 radical (unpaired) electrons. The molecule has 8 heteroatoms. The second-order valence-electron chi connectivity index (χ2n) is 7.46. The fourth-order valence-electron chi connectivity index (χ4n) is 3.23. The van der Waals surface area contributed by atoms with Crippen molar-refractivity contribution in [3.8, 4) is 0 Å². The van der Waals surface area contributed by atoms with E-state index in [2.05, 4.69) is 24.0 Å². The Morgan fingerprint density at radius 2 is 2.29 bits per heavy atom. The van der Waals surface area contributed by atoms with Crippen LogP contribution >= 0.6 is 11.6 Å². The minimum Gasteiger partial charge on any atom is -0.376 e. The van der Waals surface area contributed by atoms with Crippen molar-refractivity contribution in [2.24, 2.45) is 5.92 Å². The zero-order valence-corrected chi connectivity index (χ0v) is 16.9. The summed E-state index contributed by atoms with van der Waals surface area (Å²) in [5.74, 6) is 0.805. The Balaban J connectivity index is 1.50. The number of aromatic nitrogens is 2. The number of benzene rings is 1. The highest BCUT2D eigenvalue weighted by Gasteiger charge is 2.26. The zero-order valence-electron chi connectivity index (χ0n) is 16.2. The van der Waals surface area contributed by atoms with Crippen LogP contribution in [0.2, 0.25) is 5.02 Å². The Morgan fingerprint density at radius 1 is 1.46 bits per heavy atom. The fraction of sp³-hybridized carbons (Fsp3) is 0.550. The molecular formula is C20H25ClFN3O3. The Hall–Kier alpha value is -1.99. The number of carbonyl (C=O) groups excluding carboxylic acids is 1. The maximum Gasteiger partial charge on any atom is 0.256 e. The van der Waals surface area contributed by atoms with Gasteiger partial charge in [-0.15, -0.1) is 0 Å². The van der Waals surface area contributed by atoms with Crippen LogP contribution in [0.5, 0.6) is 0 Å². The van der Waals surface area contributed by atoms with Gasteiger partial charge < -0.3 is 14.2 Å². The quantitative estimate of drug-likeness (QED) is 0.693. The molecule has 1 aliphatic rings. The van der Waals surface area contributed by atoms with Crippen LogP contribution in [0.1, 0.15) is 48.8 Å². The standard InChI is InChI=1S/C20H25ClFN3O3/c1-13(2)10-19-23-18(24-28-19)7-9-27-15-4-3-8-25(12-15)20(26)16-11-14(21)5-6-17(16)22/h5-6,11,13,15H,3-4,7-10,12H2,1-2H3. The number of hydrogen-bond acceptors (Lipinski definition) is 5. The maximum atomic E-state index is 14.0. The second kappa shape index (κ2) is 9.47. The number of nitrogens with zero attached hydrogens (tertiary/aromatic N) is 3. The Bertz CT molecular complexity index is 812. The number of halogens is 2. The van der Waals surface area contributed by atoms with E-state index in [1.54, 1.807) is 4.90 Å². The highest BCUT2D eigenvalue weighted by Crippen LogP contribution is 2.20. The van der Waals surface area contributed by atoms with Crippen molar-refractivity contribution < 1.29 is 18.4 Å². The zero-order chi connectivity index (χ0) is 20.1. The summed E-state index contributed by atoms with van der Waals surface area (Å²) in [5.41, 5.74) is -0.00220. The topological polar surface area (TPSA) is 68.5 Å². The molecule has 0 spiro atoms. The molecule has 1 unspecified atom stereocenters. The highest BCUT2D eigenvalue weighted by molar-refractivity contribution is 6.31. The van der Waals surface area contributed by atoms with Crippen molar-refractivity contribution in [1.29, 1.82) is 0 Å². The number of ether oxygens (including phenoxy) is 1. The second-order valence-corrected chi connectivity index (χ2v) is 7.90.